The van der Waals surface area contributed by atoms with E-state index in [-0.39, 0.29) is 0 Å². The van der Waals surface area contributed by atoms with Gasteiger partial charge in [-0.25, -0.2) is 0 Å². The highest BCUT2D eigenvalue weighted by Crippen LogP contribution is 2.35. The molecule has 0 amide bonds. The molecule has 134 valence electrons. The van der Waals surface area contributed by atoms with Crippen LogP contribution in [0.15, 0.2) is 79.0 Å². The minimum absolute atomic E-state index is 0.434. The molecule has 1 atom stereocenters. The normalized spacial score (nSPS) is 17.1. The zero-order valence-electron chi connectivity index (χ0n) is 15.7. The third kappa shape index (κ3) is 3.17. The molecule has 2 heteroatoms. The molecule has 0 bridgehead atoms. The summed E-state index contributed by atoms with van der Waals surface area (Å²) in [4.78, 5) is 5.78. The number of hydrogen-bond donors (Lipinski definition) is 1. The second-order valence-electron chi connectivity index (χ2n) is 7.77. The zero-order valence-corrected chi connectivity index (χ0v) is 15.7. The summed E-state index contributed by atoms with van der Waals surface area (Å²) in [7, 11) is 2.22. The summed E-state index contributed by atoms with van der Waals surface area (Å²) >= 11 is 0. The first-order valence-corrected chi connectivity index (χ1v) is 9.67. The van der Waals surface area contributed by atoms with Gasteiger partial charge in [0.15, 0.2) is 0 Å². The molecule has 1 unspecified atom stereocenters. The van der Waals surface area contributed by atoms with Crippen molar-refractivity contribution in [2.75, 3.05) is 13.6 Å². The van der Waals surface area contributed by atoms with Crippen molar-refractivity contribution in [1.29, 1.82) is 0 Å². The molecule has 0 saturated heterocycles. The van der Waals surface area contributed by atoms with E-state index in [9.17, 15) is 0 Å². The van der Waals surface area contributed by atoms with Crippen molar-refractivity contribution in [3.8, 4) is 0 Å². The van der Waals surface area contributed by atoms with Gasteiger partial charge in [0, 0.05) is 30.7 Å². The summed E-state index contributed by atoms with van der Waals surface area (Å²) in [5.74, 6) is 0.434. The van der Waals surface area contributed by atoms with Gasteiger partial charge in [0.25, 0.3) is 0 Å². The van der Waals surface area contributed by atoms with Crippen molar-refractivity contribution in [1.82, 2.24) is 9.88 Å². The Balaban J connectivity index is 1.47. The van der Waals surface area contributed by atoms with Gasteiger partial charge in [0.1, 0.15) is 0 Å². The molecule has 0 spiro atoms. The lowest BCUT2D eigenvalue weighted by molar-refractivity contribution is 0.295. The van der Waals surface area contributed by atoms with E-state index in [4.69, 9.17) is 0 Å². The fraction of sp³-hybridized carbons (Fsp3) is 0.200. The number of H-pyrrole nitrogens is 1. The maximum atomic E-state index is 3.35. The highest BCUT2D eigenvalue weighted by molar-refractivity contribution is 5.81. The molecular formula is C25H24N2. The molecule has 2 heterocycles. The predicted octanol–water partition coefficient (Wildman–Crippen LogP) is 5.34. The van der Waals surface area contributed by atoms with Crippen molar-refractivity contribution >= 4 is 10.9 Å². The zero-order chi connectivity index (χ0) is 18.2. The molecule has 5 rings (SSSR count). The van der Waals surface area contributed by atoms with Gasteiger partial charge in [-0.3, -0.25) is 0 Å². The van der Waals surface area contributed by atoms with Gasteiger partial charge in [-0.1, -0.05) is 54.6 Å². The molecule has 0 fully saturated rings. The monoisotopic (exact) mass is 352 g/mol. The van der Waals surface area contributed by atoms with Gasteiger partial charge in [-0.15, -0.1) is 0 Å². The average molecular weight is 352 g/mol. The first-order chi connectivity index (χ1) is 13.3. The summed E-state index contributed by atoms with van der Waals surface area (Å²) in [6, 6.07) is 26.8. The molecule has 1 N–H and O–H groups in total. The summed E-state index contributed by atoms with van der Waals surface area (Å²) in [6.07, 6.45) is 3.03. The highest BCUT2D eigenvalue weighted by Gasteiger charge is 2.25. The van der Waals surface area contributed by atoms with Gasteiger partial charge in [0.2, 0.25) is 0 Å². The van der Waals surface area contributed by atoms with E-state index in [0.29, 0.717) is 5.92 Å². The second-order valence-corrected chi connectivity index (χ2v) is 7.77. The maximum absolute atomic E-state index is 3.35. The first kappa shape index (κ1) is 16.3. The molecule has 3 aromatic carbocycles. The number of nitrogens with zero attached hydrogens (tertiary/aromatic N) is 1. The van der Waals surface area contributed by atoms with Gasteiger partial charge in [0.05, 0.1) is 0 Å². The Morgan fingerprint density at radius 3 is 2.52 bits per heavy atom. The van der Waals surface area contributed by atoms with Crippen LogP contribution in [-0.4, -0.2) is 23.5 Å². The van der Waals surface area contributed by atoms with Crippen LogP contribution in [0.1, 0.15) is 33.7 Å². The molecular weight excluding hydrogens is 328 g/mol. The van der Waals surface area contributed by atoms with Crippen LogP contribution in [0, 0.1) is 0 Å². The summed E-state index contributed by atoms with van der Waals surface area (Å²) in [5, 5.41) is 1.31. The van der Waals surface area contributed by atoms with Gasteiger partial charge < -0.3 is 9.88 Å². The standard InChI is InChI=1S/C25H24N2/c1-27-16-22-15-25-21(11-12-26-25)14-23(22)24(17-27)20-9-7-19(8-10-20)13-18-5-3-2-4-6-18/h2-12,14-15,24,26H,13,16-17H2,1H3. The van der Waals surface area contributed by atoms with Crippen LogP contribution in [-0.2, 0) is 13.0 Å². The molecule has 0 aliphatic carbocycles. The Kier molecular flexibility index (Phi) is 4.06. The van der Waals surface area contributed by atoms with Gasteiger partial charge in [-0.05, 0) is 64.9 Å². The minimum atomic E-state index is 0.434. The SMILES string of the molecule is CN1Cc2cc3[nH]ccc3cc2C(c2ccc(Cc3ccccc3)cc2)C1. The lowest BCUT2D eigenvalue weighted by atomic mass is 9.83. The van der Waals surface area contributed by atoms with E-state index < -0.39 is 0 Å². The number of aromatic amines is 1. The van der Waals surface area contributed by atoms with Crippen molar-refractivity contribution in [3.05, 3.63) is 107 Å². The topological polar surface area (TPSA) is 19.0 Å². The molecule has 2 nitrogen and oxygen atoms in total. The smallest absolute Gasteiger partial charge is 0.0457 e. The van der Waals surface area contributed by atoms with Crippen LogP contribution in [0.25, 0.3) is 10.9 Å². The third-order valence-electron chi connectivity index (χ3n) is 5.76. The molecule has 27 heavy (non-hydrogen) atoms. The Morgan fingerprint density at radius 2 is 1.70 bits per heavy atom. The number of benzene rings is 3. The van der Waals surface area contributed by atoms with E-state index in [1.807, 2.05) is 6.20 Å². The van der Waals surface area contributed by atoms with Crippen LogP contribution < -0.4 is 0 Å². The van der Waals surface area contributed by atoms with E-state index in [1.165, 1.54) is 38.7 Å². The average Bonchev–Trinajstić information content (AvgIpc) is 3.14. The highest BCUT2D eigenvalue weighted by atomic mass is 15.1. The summed E-state index contributed by atoms with van der Waals surface area (Å²) < 4.78 is 0. The molecule has 1 aliphatic heterocycles. The lowest BCUT2D eigenvalue weighted by Gasteiger charge is -2.33. The second kappa shape index (κ2) is 6.71. The lowest BCUT2D eigenvalue weighted by Crippen LogP contribution is -2.30. The van der Waals surface area contributed by atoms with Crippen LogP contribution in [0.3, 0.4) is 0 Å². The number of nitrogens with one attached hydrogen (secondary N) is 1. The number of hydrogen-bond acceptors (Lipinski definition) is 1. The Hall–Kier alpha value is -2.84. The predicted molar refractivity (Wildman–Crippen MR) is 112 cm³/mol. The van der Waals surface area contributed by atoms with E-state index in [0.717, 1.165) is 19.5 Å². The molecule has 1 aliphatic rings. The third-order valence-corrected chi connectivity index (χ3v) is 5.76. The molecule has 4 aromatic rings. The fourth-order valence-electron chi connectivity index (χ4n) is 4.37. The van der Waals surface area contributed by atoms with Crippen LogP contribution in [0.4, 0.5) is 0 Å². The van der Waals surface area contributed by atoms with Crippen LogP contribution in [0.5, 0.6) is 0 Å². The van der Waals surface area contributed by atoms with Crippen LogP contribution in [0.2, 0.25) is 0 Å². The van der Waals surface area contributed by atoms with E-state index in [2.05, 4.69) is 89.7 Å². The van der Waals surface area contributed by atoms with E-state index in [1.54, 1.807) is 0 Å². The number of likely N-dealkylation sites (N-methyl/N-ethyl adjacent to an activating group) is 1. The van der Waals surface area contributed by atoms with Crippen molar-refractivity contribution in [2.45, 2.75) is 18.9 Å². The molecule has 1 aromatic heterocycles. The summed E-state index contributed by atoms with van der Waals surface area (Å²) in [5.41, 5.74) is 8.31. The van der Waals surface area contributed by atoms with E-state index >= 15 is 0 Å². The van der Waals surface area contributed by atoms with Gasteiger partial charge >= 0.3 is 0 Å². The summed E-state index contributed by atoms with van der Waals surface area (Å²) in [6.45, 7) is 2.09. The first-order valence-electron chi connectivity index (χ1n) is 9.67. The van der Waals surface area contributed by atoms with Crippen molar-refractivity contribution in [3.63, 3.8) is 0 Å². The quantitative estimate of drug-likeness (QED) is 0.527. The Morgan fingerprint density at radius 1 is 0.926 bits per heavy atom. The van der Waals surface area contributed by atoms with Gasteiger partial charge in [-0.2, -0.15) is 0 Å². The fourth-order valence-corrected chi connectivity index (χ4v) is 4.37. The molecule has 0 saturated carbocycles. The largest absolute Gasteiger partial charge is 0.361 e. The number of fused-ring (bicyclic) bond motifs is 2. The maximum Gasteiger partial charge on any atom is 0.0457 e. The minimum Gasteiger partial charge on any atom is -0.361 e. The Bertz CT molecular complexity index is 1060. The Labute approximate surface area is 160 Å². The van der Waals surface area contributed by atoms with Crippen molar-refractivity contribution in [2.24, 2.45) is 0 Å². The van der Waals surface area contributed by atoms with Crippen LogP contribution >= 0.6 is 0 Å². The van der Waals surface area contributed by atoms with Crippen molar-refractivity contribution < 1.29 is 0 Å². The number of rotatable bonds is 3. The molecule has 0 radical (unpaired) electrons. The number of aromatic nitrogens is 1.